The first-order chi connectivity index (χ1) is 7.54. The predicted octanol–water partition coefficient (Wildman–Crippen LogP) is 2.82. The van der Waals surface area contributed by atoms with Crippen molar-refractivity contribution >= 4 is 23.0 Å². The summed E-state index contributed by atoms with van der Waals surface area (Å²) in [4.78, 5) is 0. The third-order valence-electron chi connectivity index (χ3n) is 1.78. The van der Waals surface area contributed by atoms with Gasteiger partial charge >= 0.3 is 0 Å². The fourth-order valence-corrected chi connectivity index (χ4v) is 1.20. The number of hydrogen-bond donors (Lipinski definition) is 2. The van der Waals surface area contributed by atoms with E-state index in [2.05, 4.69) is 17.5 Å². The van der Waals surface area contributed by atoms with Gasteiger partial charge in [-0.3, -0.25) is 0 Å². The van der Waals surface area contributed by atoms with Crippen molar-refractivity contribution in [3.05, 3.63) is 23.5 Å². The van der Waals surface area contributed by atoms with Crippen LogP contribution in [0.2, 0.25) is 0 Å². The Morgan fingerprint density at radius 2 is 2.00 bits per heavy atom. The summed E-state index contributed by atoms with van der Waals surface area (Å²) in [7, 11) is 1.48. The van der Waals surface area contributed by atoms with Crippen molar-refractivity contribution in [1.29, 1.82) is 0 Å². The van der Waals surface area contributed by atoms with Crippen molar-refractivity contribution in [1.82, 2.24) is 0 Å². The molecule has 0 unspecified atom stereocenters. The Hall–Kier alpha value is -1.36. The first-order valence-corrected chi connectivity index (χ1v) is 5.36. The summed E-state index contributed by atoms with van der Waals surface area (Å²) in [5.74, 6) is 0.104. The zero-order valence-electron chi connectivity index (χ0n) is 9.93. The Balaban J connectivity index is 0.00000106. The Morgan fingerprint density at radius 1 is 1.44 bits per heavy atom. The quantitative estimate of drug-likeness (QED) is 0.785. The summed E-state index contributed by atoms with van der Waals surface area (Å²) >= 11 is 4.64. The highest BCUT2D eigenvalue weighted by molar-refractivity contribution is 7.80. The van der Waals surface area contributed by atoms with Crippen LogP contribution in [0.5, 0.6) is 5.75 Å². The van der Waals surface area contributed by atoms with E-state index in [1.54, 1.807) is 13.0 Å². The zero-order chi connectivity index (χ0) is 12.7. The Kier molecular flexibility index (Phi) is 6.41. The minimum Gasteiger partial charge on any atom is -0.496 e. The van der Waals surface area contributed by atoms with E-state index in [4.69, 9.17) is 10.5 Å². The minimum atomic E-state index is -0.358. The Bertz CT molecular complexity index is 369. The molecule has 0 heterocycles. The second kappa shape index (κ2) is 7.00. The number of methoxy groups -OCH3 is 1. The highest BCUT2D eigenvalue weighted by Gasteiger charge is 2.07. The molecule has 0 saturated carbocycles. The Morgan fingerprint density at radius 3 is 2.44 bits per heavy atom. The van der Waals surface area contributed by atoms with Gasteiger partial charge in [-0.05, 0) is 25.2 Å². The molecule has 1 aromatic rings. The smallest absolute Gasteiger partial charge is 0.168 e. The maximum Gasteiger partial charge on any atom is 0.168 e. The van der Waals surface area contributed by atoms with E-state index >= 15 is 0 Å². The first kappa shape index (κ1) is 14.6. The number of nitrogens with two attached hydrogens (primary N) is 1. The molecular formula is C11H17FN2OS. The lowest BCUT2D eigenvalue weighted by Crippen LogP contribution is -2.19. The van der Waals surface area contributed by atoms with Crippen LogP contribution in [0.25, 0.3) is 0 Å². The minimum absolute atomic E-state index is 0.0929. The third-order valence-corrected chi connectivity index (χ3v) is 1.89. The topological polar surface area (TPSA) is 47.3 Å². The molecule has 0 fully saturated rings. The molecular weight excluding hydrogens is 227 g/mol. The molecule has 1 aromatic carbocycles. The largest absolute Gasteiger partial charge is 0.496 e. The summed E-state index contributed by atoms with van der Waals surface area (Å²) < 4.78 is 18.3. The van der Waals surface area contributed by atoms with E-state index in [1.165, 1.54) is 13.2 Å². The summed E-state index contributed by atoms with van der Waals surface area (Å²) in [5, 5.41) is 2.73. The van der Waals surface area contributed by atoms with E-state index in [0.29, 0.717) is 17.0 Å². The predicted molar refractivity (Wildman–Crippen MR) is 69.4 cm³/mol. The lowest BCUT2D eigenvalue weighted by molar-refractivity contribution is 0.407. The van der Waals surface area contributed by atoms with Gasteiger partial charge in [-0.1, -0.05) is 13.8 Å². The van der Waals surface area contributed by atoms with Gasteiger partial charge in [0, 0.05) is 17.3 Å². The van der Waals surface area contributed by atoms with Gasteiger partial charge in [0.2, 0.25) is 0 Å². The number of rotatable bonds is 2. The average Bonchev–Trinajstić information content (AvgIpc) is 2.25. The molecule has 1 rings (SSSR count). The Labute approximate surface area is 101 Å². The number of ether oxygens (including phenoxy) is 1. The normalized spacial score (nSPS) is 8.81. The van der Waals surface area contributed by atoms with Crippen LogP contribution in [-0.4, -0.2) is 12.2 Å². The van der Waals surface area contributed by atoms with Crippen molar-refractivity contribution in [3.8, 4) is 5.75 Å². The zero-order valence-corrected chi connectivity index (χ0v) is 10.7. The molecule has 0 spiro atoms. The van der Waals surface area contributed by atoms with Gasteiger partial charge in [-0.25, -0.2) is 4.39 Å². The van der Waals surface area contributed by atoms with E-state index in [1.807, 2.05) is 13.8 Å². The molecule has 16 heavy (non-hydrogen) atoms. The number of benzene rings is 1. The van der Waals surface area contributed by atoms with Crippen LogP contribution in [0.1, 0.15) is 19.4 Å². The first-order valence-electron chi connectivity index (χ1n) is 4.95. The van der Waals surface area contributed by atoms with Crippen molar-refractivity contribution in [2.75, 3.05) is 12.4 Å². The van der Waals surface area contributed by atoms with Gasteiger partial charge in [0.25, 0.3) is 0 Å². The van der Waals surface area contributed by atoms with E-state index in [-0.39, 0.29) is 10.9 Å². The van der Waals surface area contributed by atoms with Crippen LogP contribution < -0.4 is 15.8 Å². The molecule has 5 heteroatoms. The molecule has 0 saturated heterocycles. The van der Waals surface area contributed by atoms with Gasteiger partial charge in [-0.2, -0.15) is 0 Å². The van der Waals surface area contributed by atoms with Crippen LogP contribution in [-0.2, 0) is 0 Å². The number of halogens is 1. The molecule has 0 aromatic heterocycles. The van der Waals surface area contributed by atoms with Crippen molar-refractivity contribution in [3.63, 3.8) is 0 Å². The van der Waals surface area contributed by atoms with Gasteiger partial charge in [0.15, 0.2) is 5.11 Å². The molecule has 90 valence electrons. The van der Waals surface area contributed by atoms with Crippen LogP contribution in [0.15, 0.2) is 12.1 Å². The van der Waals surface area contributed by atoms with Crippen LogP contribution in [0, 0.1) is 12.7 Å². The van der Waals surface area contributed by atoms with Gasteiger partial charge in [-0.15, -0.1) is 0 Å². The fraction of sp³-hybridized carbons (Fsp3) is 0.364. The lowest BCUT2D eigenvalue weighted by atomic mass is 10.2. The van der Waals surface area contributed by atoms with Gasteiger partial charge in [0.1, 0.15) is 11.6 Å². The summed E-state index contributed by atoms with van der Waals surface area (Å²) in [6, 6.07) is 2.95. The standard InChI is InChI=1S/C9H11FN2OS.C2H6/c1-5-7(10)3-6(12-9(11)14)4-8(5)13-2;1-2/h3-4H,1-2H3,(H3,11,12,14);1-2H3. The number of hydrogen-bond acceptors (Lipinski definition) is 2. The van der Waals surface area contributed by atoms with Crippen molar-refractivity contribution in [2.24, 2.45) is 5.73 Å². The number of nitrogens with one attached hydrogen (secondary N) is 1. The molecule has 0 atom stereocenters. The van der Waals surface area contributed by atoms with Gasteiger partial charge in [0.05, 0.1) is 7.11 Å². The maximum absolute atomic E-state index is 13.3. The summed E-state index contributed by atoms with van der Waals surface area (Å²) in [6.07, 6.45) is 0. The molecule has 0 bridgehead atoms. The molecule has 0 amide bonds. The highest BCUT2D eigenvalue weighted by atomic mass is 32.1. The second-order valence-electron chi connectivity index (χ2n) is 2.77. The van der Waals surface area contributed by atoms with Crippen LogP contribution in [0.3, 0.4) is 0 Å². The molecule has 0 radical (unpaired) electrons. The molecule has 3 nitrogen and oxygen atoms in total. The SMILES string of the molecule is CC.COc1cc(NC(N)=S)cc(F)c1C. The molecule has 3 N–H and O–H groups in total. The van der Waals surface area contributed by atoms with Gasteiger partial charge < -0.3 is 15.8 Å². The molecule has 0 aliphatic carbocycles. The average molecular weight is 244 g/mol. The van der Waals surface area contributed by atoms with Crippen LogP contribution >= 0.6 is 12.2 Å². The van der Waals surface area contributed by atoms with E-state index in [9.17, 15) is 4.39 Å². The highest BCUT2D eigenvalue weighted by Crippen LogP contribution is 2.25. The summed E-state index contributed by atoms with van der Waals surface area (Å²) in [6.45, 7) is 5.64. The van der Waals surface area contributed by atoms with E-state index < -0.39 is 0 Å². The maximum atomic E-state index is 13.3. The van der Waals surface area contributed by atoms with Crippen molar-refractivity contribution in [2.45, 2.75) is 20.8 Å². The monoisotopic (exact) mass is 244 g/mol. The lowest BCUT2D eigenvalue weighted by Gasteiger charge is -2.09. The number of thiocarbonyl (C=S) groups is 1. The van der Waals surface area contributed by atoms with Crippen molar-refractivity contribution < 1.29 is 9.13 Å². The summed E-state index contributed by atoms with van der Waals surface area (Å²) in [5.41, 5.74) is 6.20. The molecule has 0 aliphatic rings. The molecule has 0 aliphatic heterocycles. The third kappa shape index (κ3) is 4.02. The fourth-order valence-electron chi connectivity index (χ4n) is 1.08. The number of anilines is 1. The second-order valence-corrected chi connectivity index (χ2v) is 3.21. The van der Waals surface area contributed by atoms with E-state index in [0.717, 1.165) is 0 Å². The van der Waals surface area contributed by atoms with Crippen LogP contribution in [0.4, 0.5) is 10.1 Å².